The molecule has 0 amide bonds. The Labute approximate surface area is 94.8 Å². The highest BCUT2D eigenvalue weighted by atomic mass is 32.2. The molecular weight excluding hydrogens is 230 g/mol. The molecule has 2 aromatic rings. The van der Waals surface area contributed by atoms with Crippen molar-refractivity contribution in [2.24, 2.45) is 5.11 Å². The summed E-state index contributed by atoms with van der Waals surface area (Å²) in [6.45, 7) is 0.560. The second-order valence-electron chi connectivity index (χ2n) is 2.82. The van der Waals surface area contributed by atoms with E-state index >= 15 is 0 Å². The van der Waals surface area contributed by atoms with Crippen molar-refractivity contribution in [1.82, 2.24) is 9.38 Å². The Morgan fingerprint density at radius 3 is 3.47 bits per heavy atom. The molecular formula is C8H9N5S2. The topological polar surface area (TPSA) is 66.1 Å². The van der Waals surface area contributed by atoms with Gasteiger partial charge in [-0.05, 0) is 17.7 Å². The average molecular weight is 239 g/mol. The minimum absolute atomic E-state index is 0.560. The number of imidazole rings is 1. The molecule has 0 N–H and O–H groups in total. The van der Waals surface area contributed by atoms with E-state index in [9.17, 15) is 0 Å². The van der Waals surface area contributed by atoms with Gasteiger partial charge in [-0.3, -0.25) is 4.40 Å². The molecule has 2 rings (SSSR count). The van der Waals surface area contributed by atoms with Crippen LogP contribution in [0.25, 0.3) is 15.3 Å². The standard InChI is InChI=1S/C8H9N5S2/c9-12-11-2-1-4-14-7-8-13(6-10-7)3-5-15-8/h3,5-6H,1-2,4H2. The Morgan fingerprint density at radius 1 is 1.67 bits per heavy atom. The fourth-order valence-electron chi connectivity index (χ4n) is 1.16. The van der Waals surface area contributed by atoms with Crippen LogP contribution in [0.1, 0.15) is 6.42 Å². The van der Waals surface area contributed by atoms with Gasteiger partial charge in [0.1, 0.15) is 16.2 Å². The Morgan fingerprint density at radius 2 is 2.60 bits per heavy atom. The number of rotatable bonds is 5. The SMILES string of the molecule is [N-]=[N+]=NCCCSc1ncn2ccsc12. The van der Waals surface area contributed by atoms with Gasteiger partial charge in [0.2, 0.25) is 0 Å². The second-order valence-corrected chi connectivity index (χ2v) is 4.80. The van der Waals surface area contributed by atoms with Gasteiger partial charge in [0.25, 0.3) is 0 Å². The van der Waals surface area contributed by atoms with Crippen LogP contribution in [0.3, 0.4) is 0 Å². The van der Waals surface area contributed by atoms with Crippen molar-refractivity contribution in [3.63, 3.8) is 0 Å². The molecule has 0 saturated heterocycles. The minimum atomic E-state index is 0.560. The van der Waals surface area contributed by atoms with Crippen LogP contribution >= 0.6 is 23.1 Å². The molecule has 0 aromatic carbocycles. The molecule has 2 aromatic heterocycles. The molecule has 0 unspecified atom stereocenters. The number of thiazole rings is 1. The lowest BCUT2D eigenvalue weighted by atomic mass is 10.5. The predicted molar refractivity (Wildman–Crippen MR) is 62.4 cm³/mol. The number of aromatic nitrogens is 2. The van der Waals surface area contributed by atoms with Crippen molar-refractivity contribution in [3.8, 4) is 0 Å². The van der Waals surface area contributed by atoms with Crippen molar-refractivity contribution >= 4 is 27.9 Å². The first kappa shape index (κ1) is 10.4. The maximum absolute atomic E-state index is 8.10. The van der Waals surface area contributed by atoms with E-state index in [1.807, 2.05) is 22.3 Å². The molecule has 0 spiro atoms. The van der Waals surface area contributed by atoms with E-state index < -0.39 is 0 Å². The summed E-state index contributed by atoms with van der Waals surface area (Å²) in [5.74, 6) is 0.934. The summed E-state index contributed by atoms with van der Waals surface area (Å²) in [5, 5.41) is 6.59. The quantitative estimate of drug-likeness (QED) is 0.264. The zero-order valence-electron chi connectivity index (χ0n) is 7.91. The van der Waals surface area contributed by atoms with Gasteiger partial charge in [-0.15, -0.1) is 23.1 Å². The van der Waals surface area contributed by atoms with Crippen molar-refractivity contribution in [2.75, 3.05) is 12.3 Å². The van der Waals surface area contributed by atoms with Crippen LogP contribution in [0, 0.1) is 0 Å². The van der Waals surface area contributed by atoms with Crippen LogP contribution in [0.2, 0.25) is 0 Å². The smallest absolute Gasteiger partial charge is 0.133 e. The Balaban J connectivity index is 1.89. The van der Waals surface area contributed by atoms with Crippen molar-refractivity contribution in [1.29, 1.82) is 0 Å². The fraction of sp³-hybridized carbons (Fsp3) is 0.375. The molecule has 2 heterocycles. The van der Waals surface area contributed by atoms with Crippen LogP contribution in [0.5, 0.6) is 0 Å². The van der Waals surface area contributed by atoms with Crippen LogP contribution in [-0.2, 0) is 0 Å². The third-order valence-electron chi connectivity index (χ3n) is 1.82. The first-order valence-corrected chi connectivity index (χ1v) is 6.32. The molecule has 15 heavy (non-hydrogen) atoms. The lowest BCUT2D eigenvalue weighted by Crippen LogP contribution is -1.83. The molecule has 0 aliphatic rings. The Hall–Kier alpha value is -1.17. The third-order valence-corrected chi connectivity index (χ3v) is 3.90. The number of hydrogen-bond acceptors (Lipinski definition) is 4. The van der Waals surface area contributed by atoms with E-state index in [0.717, 1.165) is 17.2 Å². The largest absolute Gasteiger partial charge is 0.296 e. The van der Waals surface area contributed by atoms with E-state index in [0.29, 0.717) is 6.54 Å². The summed E-state index contributed by atoms with van der Waals surface area (Å²) >= 11 is 3.39. The highest BCUT2D eigenvalue weighted by Crippen LogP contribution is 2.25. The maximum atomic E-state index is 8.10. The number of nitrogens with zero attached hydrogens (tertiary/aromatic N) is 5. The van der Waals surface area contributed by atoms with Crippen LogP contribution in [-0.4, -0.2) is 21.7 Å². The molecule has 0 atom stereocenters. The summed E-state index contributed by atoms with van der Waals surface area (Å²) in [5.41, 5.74) is 8.10. The number of azide groups is 1. The Kier molecular flexibility index (Phi) is 3.49. The van der Waals surface area contributed by atoms with E-state index in [1.54, 1.807) is 23.1 Å². The Bertz CT molecular complexity index is 482. The molecule has 5 nitrogen and oxygen atoms in total. The van der Waals surface area contributed by atoms with E-state index in [4.69, 9.17) is 5.53 Å². The van der Waals surface area contributed by atoms with Crippen molar-refractivity contribution < 1.29 is 0 Å². The summed E-state index contributed by atoms with van der Waals surface area (Å²) in [6, 6.07) is 0. The van der Waals surface area contributed by atoms with Gasteiger partial charge in [0.05, 0.1) is 0 Å². The minimum Gasteiger partial charge on any atom is -0.296 e. The molecule has 0 fully saturated rings. The molecule has 0 aliphatic carbocycles. The highest BCUT2D eigenvalue weighted by molar-refractivity contribution is 7.99. The molecule has 0 radical (unpaired) electrons. The second kappa shape index (κ2) is 5.06. The summed E-state index contributed by atoms with van der Waals surface area (Å²) in [7, 11) is 0. The van der Waals surface area contributed by atoms with E-state index in [-0.39, 0.29) is 0 Å². The van der Waals surface area contributed by atoms with Crippen molar-refractivity contribution in [2.45, 2.75) is 11.4 Å². The van der Waals surface area contributed by atoms with Gasteiger partial charge in [-0.1, -0.05) is 5.11 Å². The van der Waals surface area contributed by atoms with Gasteiger partial charge in [0, 0.05) is 23.0 Å². The first-order valence-electron chi connectivity index (χ1n) is 4.45. The predicted octanol–water partition coefficient (Wildman–Crippen LogP) is 3.19. The average Bonchev–Trinajstić information content (AvgIpc) is 2.81. The van der Waals surface area contributed by atoms with E-state index in [2.05, 4.69) is 15.0 Å². The summed E-state index contributed by atoms with van der Waals surface area (Å²) in [6.07, 6.45) is 4.71. The zero-order chi connectivity index (χ0) is 10.5. The molecule has 7 heteroatoms. The lowest BCUT2D eigenvalue weighted by Gasteiger charge is -1.94. The normalized spacial score (nSPS) is 10.4. The number of hydrogen-bond donors (Lipinski definition) is 0. The van der Waals surface area contributed by atoms with Gasteiger partial charge in [0.15, 0.2) is 0 Å². The van der Waals surface area contributed by atoms with Crippen molar-refractivity contribution in [3.05, 3.63) is 28.3 Å². The molecule has 0 bridgehead atoms. The van der Waals surface area contributed by atoms with Gasteiger partial charge < -0.3 is 0 Å². The number of thioether (sulfide) groups is 1. The maximum Gasteiger partial charge on any atom is 0.133 e. The number of fused-ring (bicyclic) bond motifs is 1. The van der Waals surface area contributed by atoms with Gasteiger partial charge in [-0.2, -0.15) is 0 Å². The van der Waals surface area contributed by atoms with Crippen LogP contribution < -0.4 is 0 Å². The van der Waals surface area contributed by atoms with Crippen LogP contribution in [0.15, 0.2) is 28.0 Å². The molecule has 0 saturated carbocycles. The highest BCUT2D eigenvalue weighted by Gasteiger charge is 2.04. The summed E-state index contributed by atoms with van der Waals surface area (Å²) in [4.78, 5) is 8.20. The molecule has 78 valence electrons. The fourth-order valence-corrected chi connectivity index (χ4v) is 3.00. The van der Waals surface area contributed by atoms with Gasteiger partial charge >= 0.3 is 0 Å². The molecule has 0 aliphatic heterocycles. The van der Waals surface area contributed by atoms with Crippen LogP contribution in [0.4, 0.5) is 0 Å². The zero-order valence-corrected chi connectivity index (χ0v) is 9.54. The summed E-state index contributed by atoms with van der Waals surface area (Å²) < 4.78 is 2.01. The lowest BCUT2D eigenvalue weighted by molar-refractivity contribution is 0.931. The first-order chi connectivity index (χ1) is 7.42. The third kappa shape index (κ3) is 2.44. The van der Waals surface area contributed by atoms with Gasteiger partial charge in [-0.25, -0.2) is 4.98 Å². The van der Waals surface area contributed by atoms with E-state index in [1.165, 1.54) is 4.83 Å². The monoisotopic (exact) mass is 239 g/mol.